The fourth-order valence-electron chi connectivity index (χ4n) is 3.48. The molecule has 0 rings (SSSR count). The number of guanidine groups is 2. The third-order valence-corrected chi connectivity index (χ3v) is 5.48. The summed E-state index contributed by atoms with van der Waals surface area (Å²) in [7, 11) is 0. The van der Waals surface area contributed by atoms with E-state index in [2.05, 4.69) is 25.9 Å². The predicted octanol–water partition coefficient (Wildman–Crippen LogP) is -3.13. The summed E-state index contributed by atoms with van der Waals surface area (Å²) in [6, 6.07) is -4.82. The standard InChI is InChI=1S/C23H44N10O7/c1-12(2)11-16(21(39)40)33-19(37)14(6-4-10-30-23(27)28)32-20(38)15(7-8-17(34)35)31-18(36)13(24)5-3-9-29-22(25)26/h12-16H,3-11,24H2,1-2H3,(H,31,36)(H,32,38)(H,33,37)(H,34,35)(H,39,40)(H4,25,26,29)(H4,27,28,30). The van der Waals surface area contributed by atoms with Crippen molar-refractivity contribution < 1.29 is 34.2 Å². The summed E-state index contributed by atoms with van der Waals surface area (Å²) < 4.78 is 0. The molecule has 0 aliphatic heterocycles. The maximum atomic E-state index is 13.1. The number of rotatable bonds is 20. The van der Waals surface area contributed by atoms with Gasteiger partial charge in [0.2, 0.25) is 17.7 Å². The zero-order valence-electron chi connectivity index (χ0n) is 23.0. The number of nitrogens with two attached hydrogens (primary N) is 5. The summed E-state index contributed by atoms with van der Waals surface area (Å²) in [5.41, 5.74) is 27.0. The number of aliphatic imine (C=N–C) groups is 2. The third kappa shape index (κ3) is 16.6. The number of hydrogen-bond donors (Lipinski definition) is 10. The smallest absolute Gasteiger partial charge is 0.326 e. The monoisotopic (exact) mass is 572 g/mol. The van der Waals surface area contributed by atoms with Crippen molar-refractivity contribution in [2.75, 3.05) is 13.1 Å². The lowest BCUT2D eigenvalue weighted by Crippen LogP contribution is -2.57. The Morgan fingerprint density at radius 3 is 1.60 bits per heavy atom. The van der Waals surface area contributed by atoms with Crippen molar-refractivity contribution in [1.29, 1.82) is 0 Å². The lowest BCUT2D eigenvalue weighted by molar-refractivity contribution is -0.142. The summed E-state index contributed by atoms with van der Waals surface area (Å²) in [5, 5.41) is 25.9. The molecule has 17 heteroatoms. The third-order valence-electron chi connectivity index (χ3n) is 5.48. The van der Waals surface area contributed by atoms with E-state index < -0.39 is 60.2 Å². The van der Waals surface area contributed by atoms with E-state index in [1.54, 1.807) is 13.8 Å². The minimum Gasteiger partial charge on any atom is -0.481 e. The van der Waals surface area contributed by atoms with Gasteiger partial charge < -0.3 is 54.8 Å². The Labute approximate surface area is 232 Å². The van der Waals surface area contributed by atoms with Gasteiger partial charge in [0.15, 0.2) is 11.9 Å². The van der Waals surface area contributed by atoms with Crippen molar-refractivity contribution in [2.24, 2.45) is 44.6 Å². The molecule has 0 aliphatic rings. The predicted molar refractivity (Wildman–Crippen MR) is 148 cm³/mol. The minimum absolute atomic E-state index is 0.0201. The van der Waals surface area contributed by atoms with Crippen LogP contribution in [0.25, 0.3) is 0 Å². The van der Waals surface area contributed by atoms with Crippen LogP contribution in [-0.2, 0) is 24.0 Å². The number of nitrogens with one attached hydrogen (secondary N) is 3. The number of aliphatic carboxylic acids is 2. The van der Waals surface area contributed by atoms with Crippen LogP contribution in [-0.4, -0.2) is 89.0 Å². The largest absolute Gasteiger partial charge is 0.481 e. The van der Waals surface area contributed by atoms with Gasteiger partial charge >= 0.3 is 11.9 Å². The molecule has 40 heavy (non-hydrogen) atoms. The Balaban J connectivity index is 5.65. The van der Waals surface area contributed by atoms with Gasteiger partial charge in [-0.05, 0) is 44.4 Å². The summed E-state index contributed by atoms with van der Waals surface area (Å²) in [5.74, 6) is -5.11. The second kappa shape index (κ2) is 19.0. The molecule has 0 spiro atoms. The topological polar surface area (TPSA) is 317 Å². The zero-order chi connectivity index (χ0) is 30.8. The maximum absolute atomic E-state index is 13.1. The normalized spacial score (nSPS) is 13.7. The molecule has 0 heterocycles. The highest BCUT2D eigenvalue weighted by atomic mass is 16.4. The Bertz CT molecular complexity index is 918. The van der Waals surface area contributed by atoms with E-state index in [0.29, 0.717) is 6.42 Å². The molecule has 0 radical (unpaired) electrons. The first-order valence-electron chi connectivity index (χ1n) is 12.9. The van der Waals surface area contributed by atoms with E-state index in [1.165, 1.54) is 0 Å². The van der Waals surface area contributed by atoms with Crippen LogP contribution in [0.15, 0.2) is 9.98 Å². The van der Waals surface area contributed by atoms with Gasteiger partial charge in [-0.2, -0.15) is 0 Å². The maximum Gasteiger partial charge on any atom is 0.326 e. The van der Waals surface area contributed by atoms with Gasteiger partial charge in [0.25, 0.3) is 0 Å². The summed E-state index contributed by atoms with van der Waals surface area (Å²) in [4.78, 5) is 69.2. The first-order chi connectivity index (χ1) is 18.6. The van der Waals surface area contributed by atoms with Crippen LogP contribution in [0.2, 0.25) is 0 Å². The quantitative estimate of drug-likeness (QED) is 0.0393. The van der Waals surface area contributed by atoms with E-state index in [0.717, 1.165) is 0 Å². The van der Waals surface area contributed by atoms with Gasteiger partial charge in [0.1, 0.15) is 18.1 Å². The summed E-state index contributed by atoms with van der Waals surface area (Å²) in [6.07, 6.45) is 0.206. The van der Waals surface area contributed by atoms with Crippen LogP contribution in [0.1, 0.15) is 58.8 Å². The van der Waals surface area contributed by atoms with Crippen molar-refractivity contribution in [3.8, 4) is 0 Å². The lowest BCUT2D eigenvalue weighted by atomic mass is 10.0. The Morgan fingerprint density at radius 2 is 1.15 bits per heavy atom. The molecule has 228 valence electrons. The minimum atomic E-state index is -1.34. The van der Waals surface area contributed by atoms with Gasteiger partial charge in [-0.3, -0.25) is 29.2 Å². The number of carbonyl (C=O) groups is 5. The van der Waals surface area contributed by atoms with Crippen molar-refractivity contribution in [1.82, 2.24) is 16.0 Å². The number of nitrogens with zero attached hydrogens (tertiary/aromatic N) is 2. The van der Waals surface area contributed by atoms with Crippen molar-refractivity contribution in [3.63, 3.8) is 0 Å². The van der Waals surface area contributed by atoms with Gasteiger partial charge in [-0.25, -0.2) is 4.79 Å². The molecule has 0 fully saturated rings. The highest BCUT2D eigenvalue weighted by Crippen LogP contribution is 2.08. The van der Waals surface area contributed by atoms with Crippen LogP contribution in [0, 0.1) is 5.92 Å². The van der Waals surface area contributed by atoms with Gasteiger partial charge in [-0.15, -0.1) is 0 Å². The number of carboxylic acids is 2. The zero-order valence-corrected chi connectivity index (χ0v) is 23.0. The van der Waals surface area contributed by atoms with Crippen LogP contribution < -0.4 is 44.6 Å². The molecule has 0 aromatic heterocycles. The molecule has 0 bridgehead atoms. The molecular weight excluding hydrogens is 528 g/mol. The van der Waals surface area contributed by atoms with Crippen molar-refractivity contribution in [3.05, 3.63) is 0 Å². The lowest BCUT2D eigenvalue weighted by Gasteiger charge is -2.25. The van der Waals surface area contributed by atoms with E-state index in [4.69, 9.17) is 33.8 Å². The van der Waals surface area contributed by atoms with Gasteiger partial charge in [-0.1, -0.05) is 13.8 Å². The molecule has 4 unspecified atom stereocenters. The first kappa shape index (κ1) is 35.9. The number of hydrogen-bond acceptors (Lipinski definition) is 8. The summed E-state index contributed by atoms with van der Waals surface area (Å²) in [6.45, 7) is 3.94. The fourth-order valence-corrected chi connectivity index (χ4v) is 3.48. The molecule has 17 nitrogen and oxygen atoms in total. The number of carboxylic acid groups (broad SMARTS) is 2. The number of carbonyl (C=O) groups excluding carboxylic acids is 3. The molecule has 15 N–H and O–H groups in total. The van der Waals surface area contributed by atoms with Crippen LogP contribution in [0.4, 0.5) is 0 Å². The fraction of sp³-hybridized carbons (Fsp3) is 0.696. The molecule has 0 saturated carbocycles. The Hall–Kier alpha value is -4.15. The highest BCUT2D eigenvalue weighted by Gasteiger charge is 2.30. The molecular formula is C23H44N10O7. The average molecular weight is 573 g/mol. The molecule has 3 amide bonds. The molecule has 0 aliphatic carbocycles. The number of amides is 3. The Kier molecular flexibility index (Phi) is 17.0. The second-order valence-electron chi connectivity index (χ2n) is 9.59. The molecule has 0 aromatic rings. The van der Waals surface area contributed by atoms with E-state index in [9.17, 15) is 29.1 Å². The van der Waals surface area contributed by atoms with E-state index in [-0.39, 0.29) is 63.0 Å². The second-order valence-corrected chi connectivity index (χ2v) is 9.59. The average Bonchev–Trinajstić information content (AvgIpc) is 2.84. The van der Waals surface area contributed by atoms with E-state index >= 15 is 0 Å². The molecule has 0 aromatic carbocycles. The van der Waals surface area contributed by atoms with Crippen LogP contribution >= 0.6 is 0 Å². The van der Waals surface area contributed by atoms with Crippen LogP contribution in [0.3, 0.4) is 0 Å². The van der Waals surface area contributed by atoms with Crippen molar-refractivity contribution in [2.45, 2.75) is 83.0 Å². The van der Waals surface area contributed by atoms with Gasteiger partial charge in [0.05, 0.1) is 6.04 Å². The molecule has 0 saturated heterocycles. The summed E-state index contributed by atoms with van der Waals surface area (Å²) >= 11 is 0. The highest BCUT2D eigenvalue weighted by molar-refractivity contribution is 5.94. The van der Waals surface area contributed by atoms with Gasteiger partial charge in [0, 0.05) is 19.5 Å². The van der Waals surface area contributed by atoms with Crippen molar-refractivity contribution >= 4 is 41.6 Å². The SMILES string of the molecule is CC(C)CC(NC(=O)C(CCCN=C(N)N)NC(=O)C(CCC(=O)O)NC(=O)C(N)CCCN=C(N)N)C(=O)O. The van der Waals surface area contributed by atoms with E-state index in [1.807, 2.05) is 0 Å². The molecule has 4 atom stereocenters. The van der Waals surface area contributed by atoms with Crippen LogP contribution in [0.5, 0.6) is 0 Å². The first-order valence-corrected chi connectivity index (χ1v) is 12.9. The Morgan fingerprint density at radius 1 is 0.700 bits per heavy atom.